The Hall–Kier alpha value is -0.310. The molecule has 43 heavy (non-hydrogen) atoms. The maximum atomic E-state index is 12.5. The highest BCUT2D eigenvalue weighted by Gasteiger charge is 2.34. The molecule has 0 aromatic rings. The normalized spacial score (nSPS) is 15.4. The van der Waals surface area contributed by atoms with E-state index in [1.54, 1.807) is 14.1 Å². The number of aliphatic hydroxyl groups is 3. The van der Waals surface area contributed by atoms with E-state index < -0.39 is 25.8 Å². The molecule has 3 N–H and O–H groups in total. The highest BCUT2D eigenvalue weighted by Crippen LogP contribution is 2.46. The van der Waals surface area contributed by atoms with E-state index in [0.29, 0.717) is 6.61 Å². The first kappa shape index (κ1) is 42.7. The summed E-state index contributed by atoms with van der Waals surface area (Å²) in [4.78, 5) is 12.5. The van der Waals surface area contributed by atoms with Crippen LogP contribution in [-0.2, 0) is 13.8 Å². The van der Waals surface area contributed by atoms with Crippen molar-refractivity contribution >= 4 is 7.60 Å². The summed E-state index contributed by atoms with van der Waals surface area (Å²) in [6.45, 7) is 4.30. The maximum Gasteiger partial charge on any atom is 0.192 e. The lowest BCUT2D eigenvalue weighted by Crippen LogP contribution is -2.50. The minimum absolute atomic E-state index is 0.0293. The molecular weight excluding hydrogens is 565 g/mol. The Kier molecular flexibility index (Phi) is 27.8. The summed E-state index contributed by atoms with van der Waals surface area (Å²) in [5.74, 6) is -0.889. The van der Waals surface area contributed by atoms with E-state index in [2.05, 4.69) is 19.1 Å². The summed E-state index contributed by atoms with van der Waals surface area (Å²) in [6.07, 6.45) is 28.4. The second kappa shape index (κ2) is 28.0. The molecule has 0 heterocycles. The molecule has 0 aliphatic rings. The molecule has 0 fully saturated rings. The van der Waals surface area contributed by atoms with Crippen LogP contribution in [0.25, 0.3) is 0 Å². The second-order valence-electron chi connectivity index (χ2n) is 13.0. The predicted molar refractivity (Wildman–Crippen MR) is 177 cm³/mol. The summed E-state index contributed by atoms with van der Waals surface area (Å²) in [7, 11) is -0.875. The summed E-state index contributed by atoms with van der Waals surface area (Å²) in [5, 5.41) is 28.2. The Labute approximate surface area is 265 Å². The summed E-state index contributed by atoms with van der Waals surface area (Å²) < 4.78 is 23.1. The molecule has 0 aliphatic heterocycles. The van der Waals surface area contributed by atoms with Crippen molar-refractivity contribution in [1.82, 2.24) is 0 Å². The molecule has 258 valence electrons. The van der Waals surface area contributed by atoms with E-state index in [4.69, 9.17) is 19.5 Å². The predicted octanol–water partition coefficient (Wildman–Crippen LogP) is 7.44. The van der Waals surface area contributed by atoms with Crippen molar-refractivity contribution in [3.8, 4) is 0 Å². The maximum absolute atomic E-state index is 12.5. The third-order valence-electron chi connectivity index (χ3n) is 8.49. The average molecular weight is 636 g/mol. The fraction of sp³-hybridized carbons (Fsp3) is 0.941. The zero-order valence-electron chi connectivity index (χ0n) is 28.4. The van der Waals surface area contributed by atoms with Crippen LogP contribution >= 0.6 is 7.60 Å². The standard InChI is InChI=1S/C34H70NO7P/c1-5-6-7-8-9-10-11-12-13-14-15-16-17-18-19-20-21-22-23-24-25-26-29-41-30-33(36)31-42-43(39,40)32(2)35(3,4)28-27-34(37)38/h17-18,32-34,36-38H,5-16,19-31H2,1-4H3/b18-17-/t32?,33-/m1/s1. The van der Waals surface area contributed by atoms with Gasteiger partial charge in [0.2, 0.25) is 0 Å². The lowest BCUT2D eigenvalue weighted by atomic mass is 10.0. The van der Waals surface area contributed by atoms with Gasteiger partial charge in [0.15, 0.2) is 13.9 Å². The van der Waals surface area contributed by atoms with Gasteiger partial charge in [-0.1, -0.05) is 115 Å². The molecule has 2 unspecified atom stereocenters. The quantitative estimate of drug-likeness (QED) is 0.0231. The second-order valence-corrected chi connectivity index (χ2v) is 15.1. The van der Waals surface area contributed by atoms with E-state index in [9.17, 15) is 14.6 Å². The molecule has 0 saturated heterocycles. The molecule has 8 nitrogen and oxygen atoms in total. The van der Waals surface area contributed by atoms with E-state index in [0.717, 1.165) is 12.8 Å². The fourth-order valence-corrected chi connectivity index (χ4v) is 6.57. The Morgan fingerprint density at radius 3 is 1.63 bits per heavy atom. The van der Waals surface area contributed by atoms with Crippen LogP contribution in [0, 0.1) is 0 Å². The number of quaternary nitrogens is 1. The summed E-state index contributed by atoms with van der Waals surface area (Å²) in [5.41, 5.74) is 0. The number of nitrogens with zero attached hydrogens (tertiary/aromatic N) is 1. The van der Waals surface area contributed by atoms with Crippen LogP contribution in [0.1, 0.15) is 149 Å². The van der Waals surface area contributed by atoms with Gasteiger partial charge in [-0.3, -0.25) is 0 Å². The Morgan fingerprint density at radius 1 is 0.721 bits per heavy atom. The third-order valence-corrected chi connectivity index (χ3v) is 10.5. The minimum Gasteiger partial charge on any atom is -0.774 e. The van der Waals surface area contributed by atoms with Crippen LogP contribution in [0.15, 0.2) is 12.2 Å². The number of hydrogen-bond donors (Lipinski definition) is 3. The van der Waals surface area contributed by atoms with E-state index in [-0.39, 0.29) is 30.7 Å². The van der Waals surface area contributed by atoms with Crippen molar-refractivity contribution in [1.29, 1.82) is 0 Å². The summed E-state index contributed by atoms with van der Waals surface area (Å²) in [6, 6.07) is 0. The van der Waals surface area contributed by atoms with Crippen LogP contribution in [0.3, 0.4) is 0 Å². The molecule has 3 atom stereocenters. The van der Waals surface area contributed by atoms with Gasteiger partial charge in [0, 0.05) is 13.0 Å². The molecular formula is C34H70NO7P. The van der Waals surface area contributed by atoms with Crippen molar-refractivity contribution in [3.05, 3.63) is 12.2 Å². The summed E-state index contributed by atoms with van der Waals surface area (Å²) >= 11 is 0. The minimum atomic E-state index is -4.26. The van der Waals surface area contributed by atoms with Crippen molar-refractivity contribution in [2.75, 3.05) is 40.5 Å². The molecule has 0 saturated carbocycles. The van der Waals surface area contributed by atoms with E-state index in [1.165, 1.54) is 122 Å². The van der Waals surface area contributed by atoms with Gasteiger partial charge < -0.3 is 38.5 Å². The van der Waals surface area contributed by atoms with Gasteiger partial charge in [0.1, 0.15) is 11.9 Å². The lowest BCUT2D eigenvalue weighted by molar-refractivity contribution is -0.902. The number of rotatable bonds is 32. The first-order valence-electron chi connectivity index (χ1n) is 17.6. The highest BCUT2D eigenvalue weighted by molar-refractivity contribution is 7.51. The number of aliphatic hydroxyl groups excluding tert-OH is 2. The number of unbranched alkanes of at least 4 members (excludes halogenated alkanes) is 18. The van der Waals surface area contributed by atoms with Crippen LogP contribution in [0.4, 0.5) is 0 Å². The molecule has 0 aromatic carbocycles. The van der Waals surface area contributed by atoms with Gasteiger partial charge in [-0.05, 0) is 39.0 Å². The van der Waals surface area contributed by atoms with Gasteiger partial charge in [0.05, 0.1) is 33.9 Å². The van der Waals surface area contributed by atoms with Gasteiger partial charge >= 0.3 is 0 Å². The molecule has 0 radical (unpaired) electrons. The Morgan fingerprint density at radius 2 is 1.16 bits per heavy atom. The lowest BCUT2D eigenvalue weighted by Gasteiger charge is -2.42. The molecule has 0 bridgehead atoms. The van der Waals surface area contributed by atoms with Gasteiger partial charge in [-0.15, -0.1) is 0 Å². The average Bonchev–Trinajstić information content (AvgIpc) is 2.97. The van der Waals surface area contributed by atoms with Gasteiger partial charge in [0.25, 0.3) is 0 Å². The van der Waals surface area contributed by atoms with Crippen LogP contribution < -0.4 is 4.89 Å². The zero-order chi connectivity index (χ0) is 32.2. The fourth-order valence-electron chi connectivity index (χ4n) is 5.10. The molecule has 0 spiro atoms. The zero-order valence-corrected chi connectivity index (χ0v) is 29.3. The van der Waals surface area contributed by atoms with Crippen molar-refractivity contribution in [2.45, 2.75) is 167 Å². The number of ether oxygens (including phenoxy) is 1. The van der Waals surface area contributed by atoms with E-state index in [1.807, 2.05) is 0 Å². The molecule has 9 heteroatoms. The van der Waals surface area contributed by atoms with E-state index >= 15 is 0 Å². The van der Waals surface area contributed by atoms with Crippen molar-refractivity contribution < 1.29 is 38.5 Å². The first-order valence-corrected chi connectivity index (χ1v) is 19.2. The topological polar surface area (TPSA) is 119 Å². The smallest absolute Gasteiger partial charge is 0.192 e. The number of hydrogen-bond acceptors (Lipinski definition) is 7. The molecule has 0 amide bonds. The SMILES string of the molecule is CCCCCCCCCCCCC/C=C\CCCCCCCCCOC[C@@H](O)COP(=O)([O-])C(C)[N+](C)(C)CCC(O)O. The van der Waals surface area contributed by atoms with Crippen LogP contribution in [0.5, 0.6) is 0 Å². The van der Waals surface area contributed by atoms with Gasteiger partial charge in [-0.2, -0.15) is 0 Å². The third kappa shape index (κ3) is 26.6. The van der Waals surface area contributed by atoms with Crippen LogP contribution in [0.2, 0.25) is 0 Å². The molecule has 0 aliphatic carbocycles. The Bertz CT molecular complexity index is 690. The number of allylic oxidation sites excluding steroid dienone is 2. The Balaban J connectivity index is 3.55. The van der Waals surface area contributed by atoms with Crippen molar-refractivity contribution in [2.24, 2.45) is 0 Å². The molecule has 0 rings (SSSR count). The van der Waals surface area contributed by atoms with Gasteiger partial charge in [-0.25, -0.2) is 0 Å². The first-order chi connectivity index (χ1) is 20.5. The monoisotopic (exact) mass is 635 g/mol. The van der Waals surface area contributed by atoms with Crippen molar-refractivity contribution in [3.63, 3.8) is 0 Å². The molecule has 0 aromatic heterocycles. The largest absolute Gasteiger partial charge is 0.774 e. The highest BCUT2D eigenvalue weighted by atomic mass is 31.2. The van der Waals surface area contributed by atoms with Crippen LogP contribution in [-0.4, -0.2) is 78.4 Å².